The SMILES string of the molecule is CP(C)(C)=O.O=C1Nc2ccccc2/C1=C/c1ccccc1. The summed E-state index contributed by atoms with van der Waals surface area (Å²) in [6, 6.07) is 17.6. The molecule has 1 heterocycles. The molecule has 2 aromatic carbocycles. The zero-order valence-corrected chi connectivity index (χ0v) is 13.9. The van der Waals surface area contributed by atoms with Gasteiger partial charge in [0, 0.05) is 16.8 Å². The Morgan fingerprint density at radius 1 is 0.909 bits per heavy atom. The van der Waals surface area contributed by atoms with Crippen molar-refractivity contribution in [3.8, 4) is 0 Å². The molecule has 1 N–H and O–H groups in total. The second-order valence-corrected chi connectivity index (χ2v) is 9.64. The Labute approximate surface area is 131 Å². The molecule has 0 saturated carbocycles. The monoisotopic (exact) mass is 313 g/mol. The van der Waals surface area contributed by atoms with Gasteiger partial charge in [-0.05, 0) is 37.7 Å². The topological polar surface area (TPSA) is 46.2 Å². The van der Waals surface area contributed by atoms with Crippen molar-refractivity contribution >= 4 is 30.4 Å². The maximum absolute atomic E-state index is 11.9. The highest BCUT2D eigenvalue weighted by atomic mass is 31.2. The van der Waals surface area contributed by atoms with Crippen molar-refractivity contribution in [2.24, 2.45) is 0 Å². The van der Waals surface area contributed by atoms with Gasteiger partial charge in [-0.25, -0.2) is 0 Å². The average molecular weight is 313 g/mol. The largest absolute Gasteiger partial charge is 0.324 e. The average Bonchev–Trinajstić information content (AvgIpc) is 2.75. The first-order valence-electron chi connectivity index (χ1n) is 7.04. The number of hydrogen-bond donors (Lipinski definition) is 1. The van der Waals surface area contributed by atoms with Gasteiger partial charge in [-0.2, -0.15) is 0 Å². The fraction of sp³-hybridized carbons (Fsp3) is 0.167. The highest BCUT2D eigenvalue weighted by Gasteiger charge is 2.22. The molecule has 0 radical (unpaired) electrons. The Kier molecular flexibility index (Phi) is 4.99. The van der Waals surface area contributed by atoms with Crippen molar-refractivity contribution in [3.05, 3.63) is 65.7 Å². The predicted octanol–water partition coefficient (Wildman–Crippen LogP) is 4.42. The number of amides is 1. The third-order valence-corrected chi connectivity index (χ3v) is 2.82. The van der Waals surface area contributed by atoms with E-state index in [0.29, 0.717) is 0 Å². The van der Waals surface area contributed by atoms with Gasteiger partial charge in [-0.15, -0.1) is 0 Å². The molecule has 1 aliphatic rings. The van der Waals surface area contributed by atoms with Gasteiger partial charge in [0.15, 0.2) is 0 Å². The predicted molar refractivity (Wildman–Crippen MR) is 94.8 cm³/mol. The number of anilines is 1. The number of hydrogen-bond acceptors (Lipinski definition) is 2. The van der Waals surface area contributed by atoms with E-state index in [1.807, 2.05) is 60.7 Å². The van der Waals surface area contributed by atoms with Gasteiger partial charge in [0.05, 0.1) is 7.14 Å². The number of rotatable bonds is 1. The summed E-state index contributed by atoms with van der Waals surface area (Å²) in [5.74, 6) is -0.0324. The lowest BCUT2D eigenvalue weighted by molar-refractivity contribution is -0.110. The van der Waals surface area contributed by atoms with E-state index in [2.05, 4.69) is 5.32 Å². The van der Waals surface area contributed by atoms with Crippen LogP contribution in [0.4, 0.5) is 5.69 Å². The van der Waals surface area contributed by atoms with Crippen LogP contribution in [0.5, 0.6) is 0 Å². The molecule has 0 atom stereocenters. The molecule has 1 aliphatic heterocycles. The minimum Gasteiger partial charge on any atom is -0.324 e. The first-order valence-corrected chi connectivity index (χ1v) is 10.1. The smallest absolute Gasteiger partial charge is 0.256 e. The normalized spacial score (nSPS) is 14.9. The number of carbonyl (C=O) groups is 1. The molecule has 22 heavy (non-hydrogen) atoms. The van der Waals surface area contributed by atoms with Crippen LogP contribution < -0.4 is 5.32 Å². The second-order valence-electron chi connectivity index (χ2n) is 5.86. The minimum atomic E-state index is -1.64. The summed E-state index contributed by atoms with van der Waals surface area (Å²) in [4.78, 5) is 11.9. The van der Waals surface area contributed by atoms with E-state index in [4.69, 9.17) is 0 Å². The molecule has 4 heteroatoms. The maximum atomic E-state index is 11.9. The third kappa shape index (κ3) is 4.71. The van der Waals surface area contributed by atoms with Crippen molar-refractivity contribution in [1.29, 1.82) is 0 Å². The Balaban J connectivity index is 0.000000309. The molecular formula is C18H20NO2P. The Morgan fingerprint density at radius 2 is 1.45 bits per heavy atom. The van der Waals surface area contributed by atoms with Crippen molar-refractivity contribution in [2.45, 2.75) is 0 Å². The molecule has 2 aromatic rings. The summed E-state index contributed by atoms with van der Waals surface area (Å²) in [7, 11) is -1.64. The zero-order valence-electron chi connectivity index (χ0n) is 13.0. The van der Waals surface area contributed by atoms with E-state index >= 15 is 0 Å². The third-order valence-electron chi connectivity index (χ3n) is 2.82. The lowest BCUT2D eigenvalue weighted by Gasteiger charge is -1.97. The number of fused-ring (bicyclic) bond motifs is 1. The molecule has 0 aromatic heterocycles. The summed E-state index contributed by atoms with van der Waals surface area (Å²) < 4.78 is 10.2. The summed E-state index contributed by atoms with van der Waals surface area (Å²) in [5.41, 5.74) is 3.63. The standard InChI is InChI=1S/C15H11NO.C3H9OP/c17-15-13(10-11-6-2-1-3-7-11)12-8-4-5-9-14(12)16-15;1-5(2,3)4/h1-10H,(H,16,17);1-3H3/b13-10-;. The van der Waals surface area contributed by atoms with Crippen LogP contribution in [0, 0.1) is 0 Å². The molecular weight excluding hydrogens is 293 g/mol. The molecule has 0 saturated heterocycles. The van der Waals surface area contributed by atoms with Crippen LogP contribution >= 0.6 is 7.14 Å². The van der Waals surface area contributed by atoms with Crippen LogP contribution in [0.3, 0.4) is 0 Å². The molecule has 0 aliphatic carbocycles. The summed E-state index contributed by atoms with van der Waals surface area (Å²) in [6.07, 6.45) is 1.92. The number of para-hydroxylation sites is 1. The van der Waals surface area contributed by atoms with E-state index in [0.717, 1.165) is 22.4 Å². The van der Waals surface area contributed by atoms with Crippen molar-refractivity contribution in [2.75, 3.05) is 25.3 Å². The zero-order chi connectivity index (χ0) is 16.2. The van der Waals surface area contributed by atoms with Gasteiger partial charge in [-0.1, -0.05) is 48.5 Å². The number of nitrogens with one attached hydrogen (secondary N) is 1. The summed E-state index contributed by atoms with van der Waals surface area (Å²) in [6.45, 7) is 5.23. The van der Waals surface area contributed by atoms with Gasteiger partial charge in [-0.3, -0.25) is 4.79 Å². The van der Waals surface area contributed by atoms with Crippen LogP contribution in [0.2, 0.25) is 0 Å². The molecule has 0 unspecified atom stereocenters. The number of carbonyl (C=O) groups excluding carboxylic acids is 1. The molecule has 114 valence electrons. The van der Waals surface area contributed by atoms with Crippen molar-refractivity contribution in [1.82, 2.24) is 0 Å². The van der Waals surface area contributed by atoms with Crippen LogP contribution in [0.25, 0.3) is 11.6 Å². The molecule has 0 fully saturated rings. The highest BCUT2D eigenvalue weighted by molar-refractivity contribution is 7.61. The second kappa shape index (κ2) is 6.76. The first kappa shape index (κ1) is 16.3. The summed E-state index contributed by atoms with van der Waals surface area (Å²) in [5, 5.41) is 2.86. The molecule has 0 bridgehead atoms. The van der Waals surface area contributed by atoms with E-state index in [-0.39, 0.29) is 5.91 Å². The summed E-state index contributed by atoms with van der Waals surface area (Å²) >= 11 is 0. The lowest BCUT2D eigenvalue weighted by Crippen LogP contribution is -2.03. The fourth-order valence-electron chi connectivity index (χ4n) is 2.00. The van der Waals surface area contributed by atoms with Crippen molar-refractivity contribution < 1.29 is 9.36 Å². The van der Waals surface area contributed by atoms with E-state index in [9.17, 15) is 9.36 Å². The van der Waals surface area contributed by atoms with Crippen LogP contribution in [-0.4, -0.2) is 25.9 Å². The van der Waals surface area contributed by atoms with Crippen molar-refractivity contribution in [3.63, 3.8) is 0 Å². The Hall–Kier alpha value is -2.12. The number of benzene rings is 2. The first-order chi connectivity index (χ1) is 10.3. The van der Waals surface area contributed by atoms with E-state index in [1.165, 1.54) is 0 Å². The molecule has 0 spiro atoms. The van der Waals surface area contributed by atoms with Gasteiger partial charge in [0.2, 0.25) is 0 Å². The Morgan fingerprint density at radius 3 is 2.09 bits per heavy atom. The van der Waals surface area contributed by atoms with E-state index in [1.54, 1.807) is 20.0 Å². The highest BCUT2D eigenvalue weighted by Crippen LogP contribution is 2.32. The van der Waals surface area contributed by atoms with Crippen LogP contribution in [-0.2, 0) is 9.36 Å². The molecule has 3 rings (SSSR count). The van der Waals surface area contributed by atoms with Crippen LogP contribution in [0.15, 0.2) is 54.6 Å². The lowest BCUT2D eigenvalue weighted by atomic mass is 10.0. The van der Waals surface area contributed by atoms with E-state index < -0.39 is 7.14 Å². The molecule has 3 nitrogen and oxygen atoms in total. The minimum absolute atomic E-state index is 0.0324. The molecule has 1 amide bonds. The quantitative estimate of drug-likeness (QED) is 0.626. The van der Waals surface area contributed by atoms with Gasteiger partial charge < -0.3 is 9.88 Å². The maximum Gasteiger partial charge on any atom is 0.256 e. The van der Waals surface area contributed by atoms with Crippen LogP contribution in [0.1, 0.15) is 11.1 Å². The van der Waals surface area contributed by atoms with Gasteiger partial charge in [0.1, 0.15) is 0 Å². The van der Waals surface area contributed by atoms with Gasteiger partial charge in [0.25, 0.3) is 5.91 Å². The van der Waals surface area contributed by atoms with Gasteiger partial charge >= 0.3 is 0 Å². The Bertz CT molecular complexity index is 736. The fourth-order valence-corrected chi connectivity index (χ4v) is 2.00.